The van der Waals surface area contributed by atoms with Crippen molar-refractivity contribution in [3.8, 4) is 0 Å². The topological polar surface area (TPSA) is 43.1 Å². The van der Waals surface area contributed by atoms with Gasteiger partial charge in [0.1, 0.15) is 0 Å². The summed E-state index contributed by atoms with van der Waals surface area (Å²) in [7, 11) is 0. The predicted octanol–water partition coefficient (Wildman–Crippen LogP) is 4.99. The van der Waals surface area contributed by atoms with E-state index in [9.17, 15) is 0 Å². The first kappa shape index (κ1) is 18.0. The van der Waals surface area contributed by atoms with Crippen molar-refractivity contribution in [3.05, 3.63) is 76.6 Å². The van der Waals surface area contributed by atoms with Crippen LogP contribution in [0.1, 0.15) is 47.8 Å². The van der Waals surface area contributed by atoms with Crippen LogP contribution in [0.15, 0.2) is 58.8 Å². The van der Waals surface area contributed by atoms with Crippen LogP contribution in [0.25, 0.3) is 0 Å². The molecule has 3 aromatic rings. The molecule has 0 fully saturated rings. The maximum atomic E-state index is 4.96. The minimum Gasteiger partial charge on any atom is -0.191 e. The van der Waals surface area contributed by atoms with E-state index in [4.69, 9.17) is 5.10 Å². The first-order valence-corrected chi connectivity index (χ1v) is 10.2. The fraction of sp³-hybridized carbons (Fsp3) is 0.318. The highest BCUT2D eigenvalue weighted by Gasteiger charge is 2.26. The Morgan fingerprint density at radius 3 is 2.56 bits per heavy atom. The molecule has 4 nitrogen and oxygen atoms in total. The Hall–Kier alpha value is -2.40. The molecule has 27 heavy (non-hydrogen) atoms. The molecule has 2 aromatic carbocycles. The summed E-state index contributed by atoms with van der Waals surface area (Å²) in [6, 6.07) is 17.1. The minimum atomic E-state index is 0.253. The number of aryl methyl sites for hydroxylation is 2. The largest absolute Gasteiger partial charge is 0.212 e. The van der Waals surface area contributed by atoms with Gasteiger partial charge in [-0.3, -0.25) is 0 Å². The fourth-order valence-electron chi connectivity index (χ4n) is 3.37. The second kappa shape index (κ2) is 7.31. The number of thioether (sulfide) groups is 1. The van der Waals surface area contributed by atoms with Crippen molar-refractivity contribution >= 4 is 17.5 Å². The van der Waals surface area contributed by atoms with Crippen LogP contribution in [-0.2, 0) is 6.42 Å². The molecule has 0 spiro atoms. The summed E-state index contributed by atoms with van der Waals surface area (Å²) >= 11 is 1.73. The van der Waals surface area contributed by atoms with Crippen molar-refractivity contribution in [2.24, 2.45) is 5.10 Å². The van der Waals surface area contributed by atoms with Gasteiger partial charge in [-0.25, -0.2) is 0 Å². The monoisotopic (exact) mass is 376 g/mol. The van der Waals surface area contributed by atoms with Gasteiger partial charge in [-0.1, -0.05) is 61.2 Å². The van der Waals surface area contributed by atoms with E-state index in [0.29, 0.717) is 5.92 Å². The number of rotatable bonds is 4. The molecule has 1 aliphatic rings. The Labute approximate surface area is 164 Å². The zero-order valence-corrected chi connectivity index (χ0v) is 17.0. The third kappa shape index (κ3) is 3.56. The molecular formula is C22H24N4S. The van der Waals surface area contributed by atoms with Crippen LogP contribution in [-0.4, -0.2) is 25.8 Å². The summed E-state index contributed by atoms with van der Waals surface area (Å²) in [6.07, 6.45) is 0.815. The third-order valence-corrected chi connectivity index (χ3v) is 6.25. The first-order valence-electron chi connectivity index (χ1n) is 9.35. The number of fused-ring (bicyclic) bond motifs is 1. The van der Waals surface area contributed by atoms with E-state index in [1.807, 2.05) is 10.7 Å². The highest BCUT2D eigenvalue weighted by atomic mass is 32.2. The molecule has 0 N–H and O–H groups in total. The summed E-state index contributed by atoms with van der Waals surface area (Å²) in [6.45, 7) is 8.70. The van der Waals surface area contributed by atoms with E-state index >= 15 is 0 Å². The van der Waals surface area contributed by atoms with Crippen LogP contribution in [0.4, 0.5) is 0 Å². The molecule has 5 heteroatoms. The van der Waals surface area contributed by atoms with Crippen molar-refractivity contribution in [2.45, 2.75) is 50.4 Å². The molecule has 138 valence electrons. The molecular weight excluding hydrogens is 352 g/mol. The highest BCUT2D eigenvalue weighted by molar-refractivity contribution is 8.00. The number of hydrogen-bond donors (Lipinski definition) is 0. The van der Waals surface area contributed by atoms with Crippen LogP contribution in [0.2, 0.25) is 0 Å². The summed E-state index contributed by atoms with van der Waals surface area (Å²) < 4.78 is 1.94. The Morgan fingerprint density at radius 2 is 1.81 bits per heavy atom. The average molecular weight is 377 g/mol. The van der Waals surface area contributed by atoms with Crippen LogP contribution < -0.4 is 0 Å². The molecule has 0 bridgehead atoms. The molecule has 1 aromatic heterocycles. The van der Waals surface area contributed by atoms with Crippen LogP contribution >= 0.6 is 11.8 Å². The molecule has 2 unspecified atom stereocenters. The van der Waals surface area contributed by atoms with Gasteiger partial charge in [0, 0.05) is 6.42 Å². The summed E-state index contributed by atoms with van der Waals surface area (Å²) in [5, 5.41) is 14.9. The molecule has 0 aliphatic carbocycles. The second-order valence-electron chi connectivity index (χ2n) is 7.27. The molecule has 0 radical (unpaired) electrons. The molecule has 0 saturated heterocycles. The number of aromatic nitrogens is 3. The van der Waals surface area contributed by atoms with E-state index in [1.165, 1.54) is 22.3 Å². The lowest BCUT2D eigenvalue weighted by Gasteiger charge is -2.21. The maximum absolute atomic E-state index is 4.96. The molecule has 2 heterocycles. The molecule has 0 amide bonds. The van der Waals surface area contributed by atoms with Gasteiger partial charge in [-0.05, 0) is 55.0 Å². The second-order valence-corrected chi connectivity index (χ2v) is 8.58. The highest BCUT2D eigenvalue weighted by Crippen LogP contribution is 2.31. The van der Waals surface area contributed by atoms with E-state index in [2.05, 4.69) is 80.4 Å². The smallest absolute Gasteiger partial charge is 0.191 e. The standard InChI is InChI=1S/C22H24N4S/c1-14-10-11-19(12-15(14)2)21-17(4)27-22-24-23-20(26(22)25-21)13-16(3)18-8-6-5-7-9-18/h5-12,16-17H,13H2,1-4H3. The van der Waals surface area contributed by atoms with E-state index in [0.717, 1.165) is 23.1 Å². The molecule has 4 rings (SSSR count). The molecule has 0 saturated carbocycles. The van der Waals surface area contributed by atoms with Crippen molar-refractivity contribution in [2.75, 3.05) is 0 Å². The zero-order chi connectivity index (χ0) is 19.0. The van der Waals surface area contributed by atoms with Gasteiger partial charge >= 0.3 is 0 Å². The number of benzene rings is 2. The first-order chi connectivity index (χ1) is 13.0. The van der Waals surface area contributed by atoms with Gasteiger partial charge in [0.15, 0.2) is 5.82 Å². The van der Waals surface area contributed by atoms with Crippen molar-refractivity contribution in [1.82, 2.24) is 14.9 Å². The predicted molar refractivity (Wildman–Crippen MR) is 112 cm³/mol. The van der Waals surface area contributed by atoms with Crippen LogP contribution in [0, 0.1) is 13.8 Å². The molecule has 2 atom stereocenters. The number of nitrogens with zero attached hydrogens (tertiary/aromatic N) is 4. The Morgan fingerprint density at radius 1 is 1.04 bits per heavy atom. The number of hydrogen-bond acceptors (Lipinski definition) is 4. The Kier molecular flexibility index (Phi) is 4.87. The van der Waals surface area contributed by atoms with Crippen molar-refractivity contribution < 1.29 is 0 Å². The van der Waals surface area contributed by atoms with Gasteiger partial charge in [0.05, 0.1) is 11.0 Å². The average Bonchev–Trinajstić information content (AvgIpc) is 3.05. The summed E-state index contributed by atoms with van der Waals surface area (Å²) in [4.78, 5) is 0. The fourth-order valence-corrected chi connectivity index (χ4v) is 4.31. The molecule has 1 aliphatic heterocycles. The lowest BCUT2D eigenvalue weighted by atomic mass is 9.98. The summed E-state index contributed by atoms with van der Waals surface area (Å²) in [5.41, 5.74) is 6.17. The Bertz CT molecular complexity index is 991. The zero-order valence-electron chi connectivity index (χ0n) is 16.2. The van der Waals surface area contributed by atoms with Crippen molar-refractivity contribution in [1.29, 1.82) is 0 Å². The lowest BCUT2D eigenvalue weighted by Crippen LogP contribution is -2.22. The minimum absolute atomic E-state index is 0.253. The van der Waals surface area contributed by atoms with Gasteiger partial charge in [0.2, 0.25) is 5.16 Å². The van der Waals surface area contributed by atoms with Gasteiger partial charge in [-0.2, -0.15) is 9.78 Å². The van der Waals surface area contributed by atoms with E-state index in [-0.39, 0.29) is 5.25 Å². The SMILES string of the molecule is Cc1ccc(C2=Nn3c(CC(C)c4ccccc4)nnc3SC2C)cc1C. The summed E-state index contributed by atoms with van der Waals surface area (Å²) in [5.74, 6) is 1.28. The van der Waals surface area contributed by atoms with E-state index in [1.54, 1.807) is 11.8 Å². The van der Waals surface area contributed by atoms with Gasteiger partial charge in [0.25, 0.3) is 0 Å². The van der Waals surface area contributed by atoms with Crippen LogP contribution in [0.5, 0.6) is 0 Å². The van der Waals surface area contributed by atoms with E-state index < -0.39 is 0 Å². The Balaban J connectivity index is 1.67. The third-order valence-electron chi connectivity index (χ3n) is 5.21. The van der Waals surface area contributed by atoms with Crippen molar-refractivity contribution in [3.63, 3.8) is 0 Å². The van der Waals surface area contributed by atoms with Gasteiger partial charge in [-0.15, -0.1) is 10.2 Å². The maximum Gasteiger partial charge on any atom is 0.212 e. The van der Waals surface area contributed by atoms with Crippen LogP contribution in [0.3, 0.4) is 0 Å². The lowest BCUT2D eigenvalue weighted by molar-refractivity contribution is 0.648. The van der Waals surface area contributed by atoms with Gasteiger partial charge < -0.3 is 0 Å². The normalized spacial score (nSPS) is 17.3. The quantitative estimate of drug-likeness (QED) is 0.644.